The van der Waals surface area contributed by atoms with Crippen LogP contribution in [0.15, 0.2) is 18.2 Å². The number of nitrogens with one attached hydrogen (secondary N) is 1. The van der Waals surface area contributed by atoms with Gasteiger partial charge in [-0.2, -0.15) is 0 Å². The second-order valence-electron chi connectivity index (χ2n) is 5.67. The molecule has 1 saturated heterocycles. The molecule has 1 heterocycles. The second kappa shape index (κ2) is 4.85. The Kier molecular flexibility index (Phi) is 3.16. The molecule has 1 N–H and O–H groups in total. The Morgan fingerprint density at radius 3 is 2.55 bits per heavy atom. The minimum atomic E-state index is -0.353. The van der Waals surface area contributed by atoms with Crippen LogP contribution in [0.3, 0.4) is 0 Å². The van der Waals surface area contributed by atoms with Gasteiger partial charge in [0, 0.05) is 23.8 Å². The molecule has 4 heteroatoms. The van der Waals surface area contributed by atoms with Gasteiger partial charge in [-0.3, -0.25) is 19.7 Å². The van der Waals surface area contributed by atoms with Gasteiger partial charge in [0.2, 0.25) is 11.8 Å². The van der Waals surface area contributed by atoms with E-state index in [4.69, 9.17) is 0 Å². The standard InChI is InChI=1S/C16H17NO3/c1-9-3-2-4-11-10(9)5-6-12(15(11)19)13-7-8-14(18)17-16(13)20/h2-4,12-13H,5-8H2,1H3,(H,17,18,20). The highest BCUT2D eigenvalue weighted by Crippen LogP contribution is 2.34. The number of amides is 2. The van der Waals surface area contributed by atoms with Crippen LogP contribution in [0.5, 0.6) is 0 Å². The highest BCUT2D eigenvalue weighted by molar-refractivity contribution is 6.05. The number of aryl methyl sites for hydroxylation is 1. The number of carbonyl (C=O) groups excluding carboxylic acids is 3. The highest BCUT2D eigenvalue weighted by Gasteiger charge is 2.39. The Morgan fingerprint density at radius 1 is 1.05 bits per heavy atom. The maximum atomic E-state index is 12.6. The van der Waals surface area contributed by atoms with E-state index < -0.39 is 0 Å². The monoisotopic (exact) mass is 271 g/mol. The Bertz CT molecular complexity index is 606. The first-order valence-electron chi connectivity index (χ1n) is 7.04. The largest absolute Gasteiger partial charge is 0.296 e. The lowest BCUT2D eigenvalue weighted by molar-refractivity contribution is -0.137. The summed E-state index contributed by atoms with van der Waals surface area (Å²) in [5.74, 6) is -1.09. The van der Waals surface area contributed by atoms with E-state index in [0.717, 1.165) is 23.1 Å². The van der Waals surface area contributed by atoms with E-state index in [9.17, 15) is 14.4 Å². The van der Waals surface area contributed by atoms with Crippen molar-refractivity contribution >= 4 is 17.6 Å². The van der Waals surface area contributed by atoms with Crippen molar-refractivity contribution in [3.8, 4) is 0 Å². The first kappa shape index (κ1) is 13.0. The average molecular weight is 271 g/mol. The van der Waals surface area contributed by atoms with Crippen LogP contribution in [0.2, 0.25) is 0 Å². The molecule has 3 rings (SSSR count). The van der Waals surface area contributed by atoms with Gasteiger partial charge in [0.05, 0.1) is 0 Å². The van der Waals surface area contributed by atoms with E-state index in [2.05, 4.69) is 5.32 Å². The molecule has 1 aliphatic carbocycles. The lowest BCUT2D eigenvalue weighted by Gasteiger charge is -2.32. The molecular weight excluding hydrogens is 254 g/mol. The fraction of sp³-hybridized carbons (Fsp3) is 0.438. The van der Waals surface area contributed by atoms with Crippen molar-refractivity contribution in [3.63, 3.8) is 0 Å². The number of imide groups is 1. The number of hydrogen-bond donors (Lipinski definition) is 1. The quantitative estimate of drug-likeness (QED) is 0.792. The third kappa shape index (κ3) is 2.05. The van der Waals surface area contributed by atoms with Crippen LogP contribution in [-0.2, 0) is 16.0 Å². The molecule has 0 spiro atoms. The van der Waals surface area contributed by atoms with Crippen LogP contribution in [0.4, 0.5) is 0 Å². The predicted molar refractivity (Wildman–Crippen MR) is 73.2 cm³/mol. The maximum absolute atomic E-state index is 12.6. The minimum absolute atomic E-state index is 0.0597. The summed E-state index contributed by atoms with van der Waals surface area (Å²) in [7, 11) is 0. The topological polar surface area (TPSA) is 63.2 Å². The highest BCUT2D eigenvalue weighted by atomic mass is 16.2. The molecule has 1 aromatic carbocycles. The summed E-state index contributed by atoms with van der Waals surface area (Å²) in [6.45, 7) is 2.01. The number of Topliss-reactive ketones (excluding diaryl/α,β-unsaturated/α-hetero) is 1. The van der Waals surface area contributed by atoms with Crippen LogP contribution >= 0.6 is 0 Å². The zero-order valence-corrected chi connectivity index (χ0v) is 11.4. The van der Waals surface area contributed by atoms with Gasteiger partial charge >= 0.3 is 0 Å². The third-order valence-electron chi connectivity index (χ3n) is 4.49. The Labute approximate surface area is 117 Å². The summed E-state index contributed by atoms with van der Waals surface area (Å²) >= 11 is 0. The average Bonchev–Trinajstić information content (AvgIpc) is 2.41. The predicted octanol–water partition coefficient (Wildman–Crippen LogP) is 1.79. The first-order chi connectivity index (χ1) is 9.58. The number of piperidine rings is 1. The Hall–Kier alpha value is -1.97. The molecule has 2 atom stereocenters. The Morgan fingerprint density at radius 2 is 1.80 bits per heavy atom. The third-order valence-corrected chi connectivity index (χ3v) is 4.49. The lowest BCUT2D eigenvalue weighted by Crippen LogP contribution is -2.46. The summed E-state index contributed by atoms with van der Waals surface area (Å²) in [5, 5.41) is 2.35. The van der Waals surface area contributed by atoms with Crippen molar-refractivity contribution in [2.75, 3.05) is 0 Å². The van der Waals surface area contributed by atoms with E-state index in [1.807, 2.05) is 25.1 Å². The molecule has 20 heavy (non-hydrogen) atoms. The van der Waals surface area contributed by atoms with E-state index in [1.54, 1.807) is 0 Å². The molecule has 104 valence electrons. The van der Waals surface area contributed by atoms with E-state index in [-0.39, 0.29) is 29.4 Å². The number of hydrogen-bond acceptors (Lipinski definition) is 3. The fourth-order valence-electron chi connectivity index (χ4n) is 3.37. The zero-order chi connectivity index (χ0) is 14.3. The molecule has 1 aliphatic heterocycles. The molecule has 0 bridgehead atoms. The Balaban J connectivity index is 1.89. The fourth-order valence-corrected chi connectivity index (χ4v) is 3.37. The van der Waals surface area contributed by atoms with Crippen molar-refractivity contribution in [1.29, 1.82) is 0 Å². The molecular formula is C16H17NO3. The van der Waals surface area contributed by atoms with E-state index in [0.29, 0.717) is 19.3 Å². The summed E-state index contributed by atoms with van der Waals surface area (Å²) in [6, 6.07) is 5.75. The zero-order valence-electron chi connectivity index (χ0n) is 11.4. The van der Waals surface area contributed by atoms with Crippen molar-refractivity contribution in [2.45, 2.75) is 32.6 Å². The van der Waals surface area contributed by atoms with E-state index >= 15 is 0 Å². The van der Waals surface area contributed by atoms with Crippen LogP contribution in [-0.4, -0.2) is 17.6 Å². The van der Waals surface area contributed by atoms with Crippen molar-refractivity contribution < 1.29 is 14.4 Å². The van der Waals surface area contributed by atoms with Crippen LogP contribution in [0, 0.1) is 18.8 Å². The molecule has 2 unspecified atom stereocenters. The van der Waals surface area contributed by atoms with Crippen LogP contribution in [0.25, 0.3) is 0 Å². The molecule has 4 nitrogen and oxygen atoms in total. The molecule has 0 radical (unpaired) electrons. The van der Waals surface area contributed by atoms with Crippen LogP contribution < -0.4 is 5.32 Å². The number of benzene rings is 1. The normalized spacial score (nSPS) is 26.1. The van der Waals surface area contributed by atoms with Gasteiger partial charge in [0.1, 0.15) is 0 Å². The SMILES string of the molecule is Cc1cccc2c1CCC(C1CCC(=O)NC1=O)C2=O. The van der Waals surface area contributed by atoms with Gasteiger partial charge < -0.3 is 0 Å². The molecule has 1 fully saturated rings. The van der Waals surface area contributed by atoms with Gasteiger partial charge in [-0.15, -0.1) is 0 Å². The van der Waals surface area contributed by atoms with Gasteiger partial charge in [-0.25, -0.2) is 0 Å². The molecule has 0 saturated carbocycles. The lowest BCUT2D eigenvalue weighted by atomic mass is 9.72. The molecule has 2 amide bonds. The molecule has 1 aromatic rings. The minimum Gasteiger partial charge on any atom is -0.296 e. The first-order valence-corrected chi connectivity index (χ1v) is 7.04. The summed E-state index contributed by atoms with van der Waals surface area (Å²) < 4.78 is 0. The summed E-state index contributed by atoms with van der Waals surface area (Å²) in [6.07, 6.45) is 2.35. The number of rotatable bonds is 1. The summed E-state index contributed by atoms with van der Waals surface area (Å²) in [5.41, 5.74) is 3.00. The van der Waals surface area contributed by atoms with Crippen molar-refractivity contribution in [2.24, 2.45) is 11.8 Å². The smallest absolute Gasteiger partial charge is 0.230 e. The van der Waals surface area contributed by atoms with Gasteiger partial charge in [0.15, 0.2) is 5.78 Å². The number of fused-ring (bicyclic) bond motifs is 1. The van der Waals surface area contributed by atoms with Gasteiger partial charge in [0.25, 0.3) is 0 Å². The maximum Gasteiger partial charge on any atom is 0.230 e. The van der Waals surface area contributed by atoms with Crippen LogP contribution in [0.1, 0.15) is 40.7 Å². The van der Waals surface area contributed by atoms with Gasteiger partial charge in [-0.05, 0) is 37.3 Å². The second-order valence-corrected chi connectivity index (χ2v) is 5.67. The summed E-state index contributed by atoms with van der Waals surface area (Å²) in [4.78, 5) is 35.8. The van der Waals surface area contributed by atoms with Crippen molar-refractivity contribution in [3.05, 3.63) is 34.9 Å². The molecule has 2 aliphatic rings. The number of ketones is 1. The van der Waals surface area contributed by atoms with Gasteiger partial charge in [-0.1, -0.05) is 18.2 Å². The van der Waals surface area contributed by atoms with E-state index in [1.165, 1.54) is 0 Å². The number of carbonyl (C=O) groups is 3. The van der Waals surface area contributed by atoms with Crippen molar-refractivity contribution in [1.82, 2.24) is 5.32 Å². The molecule has 0 aromatic heterocycles.